The highest BCUT2D eigenvalue weighted by Crippen LogP contribution is 2.31. The minimum atomic E-state index is -0.372. The number of carbonyl (C=O) groups excluding carboxylic acids is 1. The summed E-state index contributed by atoms with van der Waals surface area (Å²) in [6, 6.07) is 12.5. The first kappa shape index (κ1) is 16.1. The Balaban J connectivity index is 1.47. The van der Waals surface area contributed by atoms with Crippen LogP contribution in [0.15, 0.2) is 42.6 Å². The minimum Gasteiger partial charge on any atom is -0.366 e. The molecule has 0 spiro atoms. The van der Waals surface area contributed by atoms with Crippen molar-refractivity contribution in [3.05, 3.63) is 59.4 Å². The summed E-state index contributed by atoms with van der Waals surface area (Å²) >= 11 is 0. The van der Waals surface area contributed by atoms with E-state index in [2.05, 4.69) is 20.9 Å². The number of anilines is 1. The van der Waals surface area contributed by atoms with Crippen molar-refractivity contribution in [2.75, 3.05) is 24.5 Å². The molecule has 2 aromatic rings. The van der Waals surface area contributed by atoms with Crippen LogP contribution in [0.3, 0.4) is 0 Å². The van der Waals surface area contributed by atoms with Crippen molar-refractivity contribution in [1.82, 2.24) is 9.88 Å². The van der Waals surface area contributed by atoms with Crippen LogP contribution in [0, 0.1) is 0 Å². The van der Waals surface area contributed by atoms with Crippen molar-refractivity contribution in [2.45, 2.75) is 31.8 Å². The van der Waals surface area contributed by atoms with Gasteiger partial charge in [0.25, 0.3) is 0 Å². The molecule has 0 aliphatic carbocycles. The molecule has 0 bridgehead atoms. The lowest BCUT2D eigenvalue weighted by atomic mass is 10.1. The number of pyridine rings is 1. The van der Waals surface area contributed by atoms with Crippen LogP contribution in [0.2, 0.25) is 0 Å². The van der Waals surface area contributed by atoms with Crippen LogP contribution >= 0.6 is 0 Å². The molecule has 1 aromatic heterocycles. The predicted octanol–water partition coefficient (Wildman–Crippen LogP) is 2.21. The Bertz CT molecular complexity index is 759. The maximum absolute atomic E-state index is 11.2. The summed E-state index contributed by atoms with van der Waals surface area (Å²) in [5.41, 5.74) is 9.62. The maximum Gasteiger partial charge on any atom is 0.248 e. The molecule has 0 unspecified atom stereocenters. The van der Waals surface area contributed by atoms with Gasteiger partial charge < -0.3 is 10.6 Å². The van der Waals surface area contributed by atoms with E-state index in [0.717, 1.165) is 32.6 Å². The Morgan fingerprint density at radius 2 is 2.08 bits per heavy atom. The van der Waals surface area contributed by atoms with Gasteiger partial charge in [0.1, 0.15) is 0 Å². The summed E-state index contributed by atoms with van der Waals surface area (Å²) in [5, 5.41) is 0. The molecule has 3 heterocycles. The van der Waals surface area contributed by atoms with Crippen molar-refractivity contribution in [3.8, 4) is 0 Å². The second-order valence-corrected chi connectivity index (χ2v) is 7.00. The first-order chi connectivity index (χ1) is 12.2. The summed E-state index contributed by atoms with van der Waals surface area (Å²) in [5.74, 6) is -0.372. The molecular formula is C20H24N4O. The summed E-state index contributed by atoms with van der Waals surface area (Å²) < 4.78 is 0. The molecular weight excluding hydrogens is 312 g/mol. The van der Waals surface area contributed by atoms with E-state index in [4.69, 9.17) is 5.73 Å². The molecule has 2 aliphatic heterocycles. The number of rotatable bonds is 4. The molecule has 0 saturated carbocycles. The van der Waals surface area contributed by atoms with E-state index < -0.39 is 0 Å². The highest BCUT2D eigenvalue weighted by Gasteiger charge is 2.31. The summed E-state index contributed by atoms with van der Waals surface area (Å²) in [6.07, 6.45) is 5.39. The Morgan fingerprint density at radius 1 is 1.24 bits per heavy atom. The van der Waals surface area contributed by atoms with E-state index >= 15 is 0 Å². The number of amides is 1. The third-order valence-corrected chi connectivity index (χ3v) is 5.35. The molecule has 4 rings (SSSR count). The average molecular weight is 336 g/mol. The monoisotopic (exact) mass is 336 g/mol. The van der Waals surface area contributed by atoms with Crippen LogP contribution in [0.25, 0.3) is 0 Å². The maximum atomic E-state index is 11.2. The molecule has 1 aromatic carbocycles. The van der Waals surface area contributed by atoms with E-state index in [1.54, 1.807) is 0 Å². The molecule has 0 radical (unpaired) electrons. The van der Waals surface area contributed by atoms with Crippen molar-refractivity contribution >= 4 is 11.6 Å². The lowest BCUT2D eigenvalue weighted by Gasteiger charge is -2.27. The number of nitrogens with two attached hydrogens (primary N) is 1. The van der Waals surface area contributed by atoms with Crippen molar-refractivity contribution in [3.63, 3.8) is 0 Å². The van der Waals surface area contributed by atoms with Crippen LogP contribution in [-0.4, -0.2) is 41.5 Å². The summed E-state index contributed by atoms with van der Waals surface area (Å²) in [6.45, 7) is 4.14. The van der Waals surface area contributed by atoms with E-state index in [9.17, 15) is 4.79 Å². The number of carbonyl (C=O) groups is 1. The summed E-state index contributed by atoms with van der Waals surface area (Å²) in [4.78, 5) is 20.9. The number of hydrogen-bond acceptors (Lipinski definition) is 4. The number of hydrogen-bond donors (Lipinski definition) is 1. The topological polar surface area (TPSA) is 62.5 Å². The number of nitrogens with zero attached hydrogens (tertiary/aromatic N) is 3. The molecule has 130 valence electrons. The fraction of sp³-hybridized carbons (Fsp3) is 0.400. The number of aromatic nitrogens is 1. The first-order valence-electron chi connectivity index (χ1n) is 9.02. The van der Waals surface area contributed by atoms with Gasteiger partial charge in [-0.05, 0) is 49.1 Å². The van der Waals surface area contributed by atoms with E-state index in [1.165, 1.54) is 29.8 Å². The molecule has 25 heavy (non-hydrogen) atoms. The minimum absolute atomic E-state index is 0.372. The van der Waals surface area contributed by atoms with Gasteiger partial charge in [-0.25, -0.2) is 0 Å². The van der Waals surface area contributed by atoms with Crippen LogP contribution in [-0.2, 0) is 13.0 Å². The van der Waals surface area contributed by atoms with E-state index in [1.807, 2.05) is 36.5 Å². The van der Waals surface area contributed by atoms with Gasteiger partial charge in [-0.15, -0.1) is 0 Å². The van der Waals surface area contributed by atoms with Crippen molar-refractivity contribution < 1.29 is 4.79 Å². The normalized spacial score (nSPS) is 20.0. The zero-order chi connectivity index (χ0) is 17.2. The second kappa shape index (κ2) is 6.84. The molecule has 1 atom stereocenters. The molecule has 1 fully saturated rings. The highest BCUT2D eigenvalue weighted by atomic mass is 16.1. The van der Waals surface area contributed by atoms with Crippen LogP contribution in [0.4, 0.5) is 5.69 Å². The third kappa shape index (κ3) is 3.37. The smallest absolute Gasteiger partial charge is 0.248 e. The highest BCUT2D eigenvalue weighted by molar-refractivity contribution is 5.92. The van der Waals surface area contributed by atoms with E-state index in [0.29, 0.717) is 11.6 Å². The van der Waals surface area contributed by atoms with Crippen LogP contribution in [0.1, 0.15) is 34.5 Å². The first-order valence-corrected chi connectivity index (χ1v) is 9.02. The molecule has 1 amide bonds. The summed E-state index contributed by atoms with van der Waals surface area (Å²) in [7, 11) is 0. The molecule has 1 saturated heterocycles. The van der Waals surface area contributed by atoms with Gasteiger partial charge in [0.15, 0.2) is 0 Å². The molecule has 5 heteroatoms. The SMILES string of the molecule is NC(=O)c1ccc(CCN2Cc3ncccc3N3CCC[C@H]3C2)cc1. The van der Waals surface area contributed by atoms with Gasteiger partial charge >= 0.3 is 0 Å². The Morgan fingerprint density at radius 3 is 2.88 bits per heavy atom. The quantitative estimate of drug-likeness (QED) is 0.930. The molecule has 2 aliphatic rings. The lowest BCUT2D eigenvalue weighted by molar-refractivity contribution is 0.100. The Hall–Kier alpha value is -2.40. The number of benzene rings is 1. The van der Waals surface area contributed by atoms with Gasteiger partial charge in [0.2, 0.25) is 5.91 Å². The molecule has 5 nitrogen and oxygen atoms in total. The van der Waals surface area contributed by atoms with Gasteiger partial charge in [0, 0.05) is 44.0 Å². The standard InChI is InChI=1S/C20H24N4O/c21-20(25)16-7-5-15(6-8-16)9-12-23-13-17-3-2-11-24(17)19-4-1-10-22-18(19)14-23/h1,4-8,10,17H,2-3,9,11-14H2,(H2,21,25)/t17-/m0/s1. The third-order valence-electron chi connectivity index (χ3n) is 5.35. The van der Waals surface area contributed by atoms with Gasteiger partial charge in [-0.2, -0.15) is 0 Å². The second-order valence-electron chi connectivity index (χ2n) is 7.00. The average Bonchev–Trinajstić information content (AvgIpc) is 3.02. The fourth-order valence-electron chi connectivity index (χ4n) is 4.02. The zero-order valence-corrected chi connectivity index (χ0v) is 14.4. The Kier molecular flexibility index (Phi) is 4.40. The van der Waals surface area contributed by atoms with Gasteiger partial charge in [0.05, 0.1) is 11.4 Å². The molecule has 2 N–H and O–H groups in total. The van der Waals surface area contributed by atoms with Crippen molar-refractivity contribution in [2.24, 2.45) is 5.73 Å². The van der Waals surface area contributed by atoms with Crippen LogP contribution in [0.5, 0.6) is 0 Å². The lowest BCUT2D eigenvalue weighted by Crippen LogP contribution is -2.38. The number of fused-ring (bicyclic) bond motifs is 3. The predicted molar refractivity (Wildman–Crippen MR) is 98.5 cm³/mol. The largest absolute Gasteiger partial charge is 0.366 e. The van der Waals surface area contributed by atoms with Gasteiger partial charge in [-0.1, -0.05) is 12.1 Å². The van der Waals surface area contributed by atoms with Crippen LogP contribution < -0.4 is 10.6 Å². The van der Waals surface area contributed by atoms with E-state index in [-0.39, 0.29) is 5.91 Å². The fourth-order valence-corrected chi connectivity index (χ4v) is 4.02. The van der Waals surface area contributed by atoms with Gasteiger partial charge in [-0.3, -0.25) is 14.7 Å². The Labute approximate surface area is 148 Å². The van der Waals surface area contributed by atoms with Crippen molar-refractivity contribution in [1.29, 1.82) is 0 Å². The zero-order valence-electron chi connectivity index (χ0n) is 14.4. The number of primary amides is 1.